The molecule has 0 atom stereocenters. The molecule has 235 valence electrons. The fraction of sp³-hybridized carbons (Fsp3) is 0.0571. The van der Waals surface area contributed by atoms with Crippen molar-refractivity contribution >= 4 is 31.4 Å². The number of hydrogen-bond acceptors (Lipinski definition) is 0. The van der Waals surface area contributed by atoms with E-state index in [-0.39, 0.29) is 27.8 Å². The van der Waals surface area contributed by atoms with Crippen LogP contribution in [0.4, 0.5) is 43.9 Å². The molecule has 0 nitrogen and oxygen atoms in total. The molecular formula is C35H18BF10Si. The van der Waals surface area contributed by atoms with Crippen molar-refractivity contribution in [1.29, 1.82) is 0 Å². The summed E-state index contributed by atoms with van der Waals surface area (Å²) in [5, 5.41) is 0.908. The Balaban J connectivity index is 1.80. The molecule has 5 aromatic carbocycles. The van der Waals surface area contributed by atoms with Crippen molar-refractivity contribution in [3.63, 3.8) is 0 Å². The number of allylic oxidation sites excluding steroid dienone is 1. The Morgan fingerprint density at radius 1 is 0.447 bits per heavy atom. The van der Waals surface area contributed by atoms with E-state index in [2.05, 4.69) is 0 Å². The van der Waals surface area contributed by atoms with Gasteiger partial charge in [0, 0.05) is 0 Å². The Kier molecular flexibility index (Phi) is 8.33. The van der Waals surface area contributed by atoms with Gasteiger partial charge in [-0.1, -0.05) is 0 Å². The molecule has 1 aliphatic carbocycles. The van der Waals surface area contributed by atoms with Crippen LogP contribution in [0.5, 0.6) is 0 Å². The first-order valence-corrected chi connectivity index (χ1v) is 16.0. The fourth-order valence-electron chi connectivity index (χ4n) is 5.89. The third-order valence-corrected chi connectivity index (χ3v) is 10.1. The van der Waals surface area contributed by atoms with Gasteiger partial charge in [0.25, 0.3) is 0 Å². The van der Waals surface area contributed by atoms with Gasteiger partial charge in [-0.15, -0.1) is 0 Å². The summed E-state index contributed by atoms with van der Waals surface area (Å²) in [6.45, 7) is 5.09. The molecule has 47 heavy (non-hydrogen) atoms. The van der Waals surface area contributed by atoms with Gasteiger partial charge in [0.05, 0.1) is 0 Å². The Morgan fingerprint density at radius 3 is 1.38 bits per heavy atom. The van der Waals surface area contributed by atoms with Gasteiger partial charge in [0.1, 0.15) is 0 Å². The third kappa shape index (κ3) is 5.06. The van der Waals surface area contributed by atoms with Crippen LogP contribution in [0.25, 0.3) is 27.8 Å². The Morgan fingerprint density at radius 2 is 0.872 bits per heavy atom. The van der Waals surface area contributed by atoms with Crippen molar-refractivity contribution in [2.75, 3.05) is 0 Å². The first kappa shape index (κ1) is 32.2. The summed E-state index contributed by atoms with van der Waals surface area (Å²) in [7, 11) is -1.59. The van der Waals surface area contributed by atoms with Crippen LogP contribution in [-0.4, -0.2) is 20.6 Å². The minimum absolute atomic E-state index is 0.0650. The first-order chi connectivity index (χ1) is 22.4. The molecule has 0 aromatic heterocycles. The van der Waals surface area contributed by atoms with Crippen molar-refractivity contribution in [1.82, 2.24) is 0 Å². The monoisotopic (exact) mass is 667 g/mol. The molecule has 0 unspecified atom stereocenters. The van der Waals surface area contributed by atoms with E-state index in [4.69, 9.17) is 0 Å². The quantitative estimate of drug-likeness (QED) is 0.0760. The first-order valence-electron chi connectivity index (χ1n) is 13.9. The molecule has 5 aromatic rings. The van der Waals surface area contributed by atoms with Crippen molar-refractivity contribution < 1.29 is 43.9 Å². The van der Waals surface area contributed by atoms with Crippen LogP contribution >= 0.6 is 0 Å². The van der Waals surface area contributed by atoms with E-state index < -0.39 is 89.1 Å². The van der Waals surface area contributed by atoms with Gasteiger partial charge in [-0.05, 0) is 0 Å². The molecule has 1 aliphatic rings. The normalized spacial score (nSPS) is 13.5. The van der Waals surface area contributed by atoms with Crippen LogP contribution in [-0.2, 0) is 0 Å². The van der Waals surface area contributed by atoms with Gasteiger partial charge in [-0.25, -0.2) is 0 Å². The molecule has 0 heterocycles. The summed E-state index contributed by atoms with van der Waals surface area (Å²) in [5.74, 6) is -22.4. The average Bonchev–Trinajstić information content (AvgIpc) is 3.35. The predicted octanol–water partition coefficient (Wildman–Crippen LogP) is 9.00. The van der Waals surface area contributed by atoms with Gasteiger partial charge in [0.2, 0.25) is 0 Å². The summed E-state index contributed by atoms with van der Waals surface area (Å²) in [6.07, 6.45) is 0. The molecule has 0 N–H and O–H groups in total. The topological polar surface area (TPSA) is 0 Å². The standard InChI is InChI=1S/C35H18BF10Si/c1-15-20(24-28(39)32(43)35(46)33(44)29(24)40)22-19(25(15)36-47(2)17-11-7-4-8-12-17)14-13-18(21(22)16-9-5-3-6-10-16)23-26(37)30(41)34(45)31(42)27(23)38/h3-14H,1-2H3. The molecule has 0 spiro atoms. The van der Waals surface area contributed by atoms with Gasteiger partial charge >= 0.3 is 264 Å². The van der Waals surface area contributed by atoms with Crippen LogP contribution in [0.2, 0.25) is 6.55 Å². The van der Waals surface area contributed by atoms with Crippen molar-refractivity contribution in [2.24, 2.45) is 0 Å². The predicted molar refractivity (Wildman–Crippen MR) is 163 cm³/mol. The molecule has 12 heteroatoms. The van der Waals surface area contributed by atoms with E-state index in [0.29, 0.717) is 5.46 Å². The van der Waals surface area contributed by atoms with E-state index in [1.165, 1.54) is 37.3 Å². The van der Waals surface area contributed by atoms with Gasteiger partial charge in [0.15, 0.2) is 0 Å². The number of rotatable bonds is 5. The third-order valence-electron chi connectivity index (χ3n) is 8.12. The summed E-state index contributed by atoms with van der Waals surface area (Å²) < 4.78 is 149. The molecule has 1 radical (unpaired) electrons. The zero-order chi connectivity index (χ0) is 33.9. The molecular weight excluding hydrogens is 649 g/mol. The van der Waals surface area contributed by atoms with Crippen LogP contribution in [0.15, 0.2) is 78.4 Å². The molecule has 6 rings (SSSR count). The van der Waals surface area contributed by atoms with Gasteiger partial charge in [-0.3, -0.25) is 0 Å². The summed E-state index contributed by atoms with van der Waals surface area (Å²) in [4.78, 5) is 0. The van der Waals surface area contributed by atoms with Crippen molar-refractivity contribution in [3.8, 4) is 22.3 Å². The van der Waals surface area contributed by atoms with Crippen molar-refractivity contribution in [2.45, 2.75) is 13.5 Å². The fourth-order valence-corrected chi connectivity index (χ4v) is 7.58. The molecule has 0 aliphatic heterocycles. The molecule has 0 saturated heterocycles. The Bertz CT molecular complexity index is 2100. The van der Waals surface area contributed by atoms with E-state index in [0.717, 1.165) is 11.3 Å². The summed E-state index contributed by atoms with van der Waals surface area (Å²) in [5.41, 5.74) is -3.48. The number of halogens is 10. The number of fused-ring (bicyclic) bond motifs is 1. The second-order valence-electron chi connectivity index (χ2n) is 10.8. The summed E-state index contributed by atoms with van der Waals surface area (Å²) in [6, 6.07) is 18.9. The average molecular weight is 667 g/mol. The van der Waals surface area contributed by atoms with Crippen LogP contribution < -0.4 is 5.19 Å². The number of benzene rings is 5. The van der Waals surface area contributed by atoms with E-state index in [1.807, 2.05) is 18.7 Å². The van der Waals surface area contributed by atoms with Crippen LogP contribution in [0, 0.1) is 58.2 Å². The van der Waals surface area contributed by atoms with Crippen molar-refractivity contribution in [3.05, 3.63) is 153 Å². The summed E-state index contributed by atoms with van der Waals surface area (Å²) >= 11 is 0. The number of hydrogen-bond donors (Lipinski definition) is 0. The van der Waals surface area contributed by atoms with E-state index >= 15 is 17.6 Å². The van der Waals surface area contributed by atoms with E-state index in [9.17, 15) is 26.3 Å². The Labute approximate surface area is 264 Å². The van der Waals surface area contributed by atoms with Gasteiger partial charge in [-0.2, -0.15) is 0 Å². The molecule has 0 fully saturated rings. The van der Waals surface area contributed by atoms with E-state index in [1.54, 1.807) is 30.8 Å². The maximum atomic E-state index is 15.6. The zero-order valence-corrected chi connectivity index (χ0v) is 25.3. The molecule has 0 bridgehead atoms. The SMILES string of the molecule is CC1=C(c2c(F)c(F)c(F)c(F)c2F)c2c(ccc(-c3c(F)c(F)c(F)c(F)c3F)c2-c2ccccc2)C1=B[Si](C)c1ccccc1. The van der Waals surface area contributed by atoms with Gasteiger partial charge < -0.3 is 0 Å². The zero-order valence-electron chi connectivity index (χ0n) is 24.3. The second kappa shape index (κ2) is 12.1. The second-order valence-corrected chi connectivity index (χ2v) is 13.0. The van der Waals surface area contributed by atoms with Crippen LogP contribution in [0.3, 0.4) is 0 Å². The van der Waals surface area contributed by atoms with Crippen LogP contribution in [0.1, 0.15) is 23.6 Å². The maximum absolute atomic E-state index is 15.6. The molecule has 0 saturated carbocycles. The molecule has 0 amide bonds. The Hall–Kier alpha value is -4.71. The minimum atomic E-state index is -2.40.